The van der Waals surface area contributed by atoms with Crippen molar-refractivity contribution >= 4 is 18.0 Å². The number of hydrogen-bond acceptors (Lipinski definition) is 8. The van der Waals surface area contributed by atoms with Crippen molar-refractivity contribution in [3.63, 3.8) is 0 Å². The van der Waals surface area contributed by atoms with Crippen LogP contribution in [0, 0.1) is 23.7 Å². The van der Waals surface area contributed by atoms with E-state index in [0.717, 1.165) is 39.3 Å². The molecule has 2 aromatic rings. The monoisotopic (exact) mass is 593 g/mol. The Morgan fingerprint density at radius 2 is 1.74 bits per heavy atom. The van der Waals surface area contributed by atoms with E-state index in [1.54, 1.807) is 29.2 Å². The summed E-state index contributed by atoms with van der Waals surface area (Å²) in [6.45, 7) is 11.6. The summed E-state index contributed by atoms with van der Waals surface area (Å²) in [5, 5.41) is 20.9. The molecular formula is C32H39N3O8. The number of amides is 2. The van der Waals surface area contributed by atoms with Gasteiger partial charge in [0.1, 0.15) is 11.4 Å². The van der Waals surface area contributed by atoms with Crippen molar-refractivity contribution in [3.05, 3.63) is 59.0 Å². The van der Waals surface area contributed by atoms with Crippen LogP contribution in [0.3, 0.4) is 0 Å². The van der Waals surface area contributed by atoms with E-state index in [0.29, 0.717) is 23.6 Å². The van der Waals surface area contributed by atoms with Crippen LogP contribution >= 0.6 is 0 Å². The minimum atomic E-state index is -1.41. The third-order valence-corrected chi connectivity index (χ3v) is 6.30. The number of benzene rings is 1. The Balaban J connectivity index is 1.58. The van der Waals surface area contributed by atoms with Crippen molar-refractivity contribution in [2.45, 2.75) is 58.4 Å². The van der Waals surface area contributed by atoms with Crippen LogP contribution in [0.4, 0.5) is 4.79 Å². The van der Waals surface area contributed by atoms with Crippen LogP contribution in [0.2, 0.25) is 0 Å². The molecule has 1 aromatic heterocycles. The Bertz CT molecular complexity index is 1360. The fourth-order valence-corrected chi connectivity index (χ4v) is 4.10. The molecule has 0 bridgehead atoms. The minimum Gasteiger partial charge on any atom is -0.480 e. The van der Waals surface area contributed by atoms with Crippen LogP contribution in [-0.4, -0.2) is 95.1 Å². The number of aliphatic hydroxyl groups excluding tert-OH is 1. The third kappa shape index (κ3) is 11.5. The van der Waals surface area contributed by atoms with Gasteiger partial charge in [0.25, 0.3) is 5.91 Å². The normalized spacial score (nSPS) is 14.7. The van der Waals surface area contributed by atoms with Gasteiger partial charge < -0.3 is 34.3 Å². The Labute approximate surface area is 252 Å². The number of morpholine rings is 1. The number of aliphatic carboxylic acids is 1. The van der Waals surface area contributed by atoms with Gasteiger partial charge >= 0.3 is 12.1 Å². The van der Waals surface area contributed by atoms with Gasteiger partial charge in [-0.3, -0.25) is 9.69 Å². The molecule has 0 spiro atoms. The maximum Gasteiger partial charge on any atom is 0.410 e. The quantitative estimate of drug-likeness (QED) is 0.355. The predicted molar refractivity (Wildman–Crippen MR) is 158 cm³/mol. The summed E-state index contributed by atoms with van der Waals surface area (Å²) in [6.07, 6.45) is -0.860. The predicted octanol–water partition coefficient (Wildman–Crippen LogP) is 2.71. The van der Waals surface area contributed by atoms with Crippen molar-refractivity contribution in [1.29, 1.82) is 0 Å². The number of carboxylic acid groups (broad SMARTS) is 1. The molecule has 1 aliphatic heterocycles. The molecule has 0 saturated carbocycles. The molecule has 11 nitrogen and oxygen atoms in total. The lowest BCUT2D eigenvalue weighted by Gasteiger charge is -2.29. The fraction of sp³-hybridized carbons (Fsp3) is 0.469. The van der Waals surface area contributed by atoms with Crippen molar-refractivity contribution in [2.75, 3.05) is 39.4 Å². The van der Waals surface area contributed by atoms with E-state index in [4.69, 9.17) is 19.0 Å². The standard InChI is InChI=1S/C32H39N3O8/c1-23(36)28(30(38)39)33-29(37)25-12-10-24(11-13-25)8-5-6-9-26-14-15-27(42-26)22-35(31(40)43-32(2,3)4)17-7-16-34-18-20-41-21-19-34/h10-15,23,28,36H,7,16-22H2,1-4H3,(H,33,37)(H,38,39). The number of hydrogen-bond donors (Lipinski definition) is 3. The SMILES string of the molecule is CC(O)C(NC(=O)c1ccc(C#CC#Cc2ccc(CN(CCCN3CCOCC3)C(=O)OC(C)(C)C)o2)cc1)C(=O)O. The average molecular weight is 594 g/mol. The third-order valence-electron chi connectivity index (χ3n) is 6.30. The fourth-order valence-electron chi connectivity index (χ4n) is 4.10. The molecule has 1 saturated heterocycles. The van der Waals surface area contributed by atoms with Crippen molar-refractivity contribution < 1.29 is 38.5 Å². The second-order valence-electron chi connectivity index (χ2n) is 11.1. The van der Waals surface area contributed by atoms with Crippen LogP contribution in [-0.2, 0) is 20.8 Å². The van der Waals surface area contributed by atoms with Gasteiger partial charge in [0.2, 0.25) is 0 Å². The molecule has 1 fully saturated rings. The molecule has 0 radical (unpaired) electrons. The van der Waals surface area contributed by atoms with Crippen LogP contribution in [0.1, 0.15) is 61.6 Å². The number of nitrogens with zero attached hydrogens (tertiary/aromatic N) is 2. The largest absolute Gasteiger partial charge is 0.480 e. The van der Waals surface area contributed by atoms with E-state index in [1.165, 1.54) is 19.1 Å². The van der Waals surface area contributed by atoms with E-state index in [2.05, 4.69) is 33.9 Å². The maximum absolute atomic E-state index is 12.9. The molecular weight excluding hydrogens is 554 g/mol. The second kappa shape index (κ2) is 15.8. The number of carbonyl (C=O) groups excluding carboxylic acids is 2. The average Bonchev–Trinajstić information content (AvgIpc) is 3.40. The minimum absolute atomic E-state index is 0.230. The van der Waals surface area contributed by atoms with Gasteiger partial charge in [0.15, 0.2) is 11.8 Å². The summed E-state index contributed by atoms with van der Waals surface area (Å²) in [4.78, 5) is 40.3. The number of rotatable bonds is 10. The van der Waals surface area contributed by atoms with Gasteiger partial charge in [-0.15, -0.1) is 0 Å². The van der Waals surface area contributed by atoms with E-state index >= 15 is 0 Å². The summed E-state index contributed by atoms with van der Waals surface area (Å²) in [5.41, 5.74) is 0.210. The smallest absolute Gasteiger partial charge is 0.410 e. The molecule has 1 aromatic carbocycles. The van der Waals surface area contributed by atoms with Gasteiger partial charge in [0.05, 0.1) is 25.9 Å². The molecule has 43 heavy (non-hydrogen) atoms. The molecule has 1 aliphatic rings. The number of ether oxygens (including phenoxy) is 2. The number of nitrogens with one attached hydrogen (secondary N) is 1. The van der Waals surface area contributed by atoms with Crippen LogP contribution in [0.15, 0.2) is 40.8 Å². The zero-order valence-electron chi connectivity index (χ0n) is 25.0. The number of furan rings is 1. The van der Waals surface area contributed by atoms with E-state index in [9.17, 15) is 19.5 Å². The van der Waals surface area contributed by atoms with Crippen molar-refractivity contribution in [3.8, 4) is 23.7 Å². The Hall–Kier alpha value is -4.29. The highest BCUT2D eigenvalue weighted by molar-refractivity contribution is 5.96. The Kier molecular flexibility index (Phi) is 12.2. The lowest BCUT2D eigenvalue weighted by atomic mass is 10.1. The summed E-state index contributed by atoms with van der Waals surface area (Å²) < 4.78 is 16.8. The van der Waals surface area contributed by atoms with Gasteiger partial charge in [-0.05, 0) is 88.3 Å². The number of aliphatic hydroxyl groups is 1. The molecule has 2 amide bonds. The lowest BCUT2D eigenvalue weighted by molar-refractivity contribution is -0.141. The lowest BCUT2D eigenvalue weighted by Crippen LogP contribution is -2.47. The molecule has 11 heteroatoms. The van der Waals surface area contributed by atoms with Gasteiger partial charge in [-0.2, -0.15) is 0 Å². The first-order valence-electron chi connectivity index (χ1n) is 14.1. The molecule has 2 atom stereocenters. The van der Waals surface area contributed by atoms with E-state index < -0.39 is 35.7 Å². The molecule has 0 aliphatic carbocycles. The van der Waals surface area contributed by atoms with Crippen LogP contribution < -0.4 is 5.32 Å². The first-order chi connectivity index (χ1) is 20.4. The molecule has 2 heterocycles. The maximum atomic E-state index is 12.9. The topological polar surface area (TPSA) is 142 Å². The van der Waals surface area contributed by atoms with Crippen molar-refractivity contribution in [2.24, 2.45) is 0 Å². The van der Waals surface area contributed by atoms with Crippen molar-refractivity contribution in [1.82, 2.24) is 15.1 Å². The number of carbonyl (C=O) groups is 3. The highest BCUT2D eigenvalue weighted by atomic mass is 16.6. The van der Waals surface area contributed by atoms with E-state index in [1.807, 2.05) is 20.8 Å². The highest BCUT2D eigenvalue weighted by Gasteiger charge is 2.26. The molecule has 3 N–H and O–H groups in total. The zero-order valence-corrected chi connectivity index (χ0v) is 25.0. The zero-order chi connectivity index (χ0) is 31.4. The van der Waals surface area contributed by atoms with Crippen LogP contribution in [0.25, 0.3) is 0 Å². The van der Waals surface area contributed by atoms with Gasteiger partial charge in [0, 0.05) is 37.3 Å². The Morgan fingerprint density at radius 3 is 2.37 bits per heavy atom. The number of carboxylic acids is 1. The first-order valence-corrected chi connectivity index (χ1v) is 14.1. The second-order valence-corrected chi connectivity index (χ2v) is 11.1. The van der Waals surface area contributed by atoms with Gasteiger partial charge in [-0.1, -0.05) is 5.92 Å². The summed E-state index contributed by atoms with van der Waals surface area (Å²) >= 11 is 0. The summed E-state index contributed by atoms with van der Waals surface area (Å²) in [6, 6.07) is 8.30. The molecule has 230 valence electrons. The highest BCUT2D eigenvalue weighted by Crippen LogP contribution is 2.15. The van der Waals surface area contributed by atoms with E-state index in [-0.39, 0.29) is 12.1 Å². The first kappa shape index (κ1) is 33.2. The summed E-state index contributed by atoms with van der Waals surface area (Å²) in [7, 11) is 0. The molecule has 3 rings (SSSR count). The van der Waals surface area contributed by atoms with Crippen LogP contribution in [0.5, 0.6) is 0 Å². The summed E-state index contributed by atoms with van der Waals surface area (Å²) in [5.74, 6) is 10.2. The Morgan fingerprint density at radius 1 is 1.07 bits per heavy atom. The van der Waals surface area contributed by atoms with Gasteiger partial charge in [-0.25, -0.2) is 9.59 Å². The molecule has 2 unspecified atom stereocenters.